The molecule has 6 heteroatoms. The van der Waals surface area contributed by atoms with Gasteiger partial charge < -0.3 is 18.8 Å². The Morgan fingerprint density at radius 2 is 1.77 bits per heavy atom. The van der Waals surface area contributed by atoms with Gasteiger partial charge in [0.15, 0.2) is 0 Å². The van der Waals surface area contributed by atoms with Crippen LogP contribution in [0.5, 0.6) is 5.75 Å². The summed E-state index contributed by atoms with van der Waals surface area (Å²) in [4.78, 5) is 13.9. The van der Waals surface area contributed by atoms with Gasteiger partial charge in [0, 0.05) is 49.1 Å². The van der Waals surface area contributed by atoms with Crippen molar-refractivity contribution in [3.8, 4) is 17.0 Å². The van der Waals surface area contributed by atoms with E-state index in [2.05, 4.69) is 64.1 Å². The molecule has 0 saturated carbocycles. The first-order valence-electron chi connectivity index (χ1n) is 14.1. The minimum absolute atomic E-state index is 0.207. The molecule has 0 bridgehead atoms. The summed E-state index contributed by atoms with van der Waals surface area (Å²) in [6.45, 7) is 5.57. The molecular weight excluding hydrogens is 488 g/mol. The summed E-state index contributed by atoms with van der Waals surface area (Å²) in [5.41, 5.74) is 6.51. The van der Waals surface area contributed by atoms with Crippen molar-refractivity contribution in [2.24, 2.45) is 5.92 Å². The lowest BCUT2D eigenvalue weighted by Gasteiger charge is -2.28. The highest BCUT2D eigenvalue weighted by molar-refractivity contribution is 5.87. The number of allylic oxidation sites excluding steroid dienone is 2. The maximum atomic E-state index is 11.3. The molecule has 0 N–H and O–H groups in total. The van der Waals surface area contributed by atoms with Crippen LogP contribution in [0.4, 0.5) is 0 Å². The summed E-state index contributed by atoms with van der Waals surface area (Å²) in [7, 11) is 3.22. The van der Waals surface area contributed by atoms with Crippen molar-refractivity contribution in [3.05, 3.63) is 77.9 Å². The van der Waals surface area contributed by atoms with Gasteiger partial charge in [-0.15, -0.1) is 0 Å². The van der Waals surface area contributed by atoms with E-state index in [0.29, 0.717) is 25.4 Å². The number of ether oxygens (including phenoxy) is 3. The molecule has 2 aromatic carbocycles. The van der Waals surface area contributed by atoms with E-state index in [1.54, 1.807) is 0 Å². The predicted molar refractivity (Wildman–Crippen MR) is 156 cm³/mol. The summed E-state index contributed by atoms with van der Waals surface area (Å²) >= 11 is 0. The molecule has 5 rings (SSSR count). The third-order valence-corrected chi connectivity index (χ3v) is 7.88. The zero-order valence-electron chi connectivity index (χ0n) is 23.2. The van der Waals surface area contributed by atoms with Crippen molar-refractivity contribution in [2.45, 2.75) is 38.6 Å². The zero-order valence-corrected chi connectivity index (χ0v) is 23.2. The van der Waals surface area contributed by atoms with E-state index in [9.17, 15) is 4.79 Å². The van der Waals surface area contributed by atoms with Crippen LogP contribution in [0.15, 0.2) is 77.9 Å². The number of benzene rings is 2. The summed E-state index contributed by atoms with van der Waals surface area (Å²) < 4.78 is 18.7. The number of hydrogen-bond donors (Lipinski definition) is 0. The van der Waals surface area contributed by atoms with E-state index in [4.69, 9.17) is 14.2 Å². The number of methoxy groups -OCH3 is 2. The second-order valence-electron chi connectivity index (χ2n) is 10.6. The lowest BCUT2D eigenvalue weighted by molar-refractivity contribution is -0.140. The lowest BCUT2D eigenvalue weighted by Crippen LogP contribution is -2.26. The van der Waals surface area contributed by atoms with Gasteiger partial charge in [0.1, 0.15) is 5.75 Å². The van der Waals surface area contributed by atoms with Crippen molar-refractivity contribution in [3.63, 3.8) is 0 Å². The van der Waals surface area contributed by atoms with Crippen molar-refractivity contribution < 1.29 is 19.0 Å². The van der Waals surface area contributed by atoms with Crippen LogP contribution >= 0.6 is 0 Å². The van der Waals surface area contributed by atoms with E-state index < -0.39 is 0 Å². The third-order valence-electron chi connectivity index (χ3n) is 7.88. The van der Waals surface area contributed by atoms with Crippen LogP contribution in [-0.2, 0) is 20.8 Å². The number of esters is 1. The number of fused-ring (bicyclic) bond motifs is 1. The number of carbonyl (C=O) groups excluding carboxylic acids is 1. The fraction of sp³-hybridized carbons (Fsp3) is 0.424. The number of carbonyl (C=O) groups is 1. The number of para-hydroxylation sites is 1. The molecule has 2 heterocycles. The molecule has 6 nitrogen and oxygen atoms in total. The highest BCUT2D eigenvalue weighted by Crippen LogP contribution is 2.34. The van der Waals surface area contributed by atoms with Crippen molar-refractivity contribution in [1.82, 2.24) is 9.47 Å². The molecule has 1 unspecified atom stereocenters. The number of hydrogen-bond acceptors (Lipinski definition) is 5. The van der Waals surface area contributed by atoms with E-state index in [-0.39, 0.29) is 5.97 Å². The minimum Gasteiger partial charge on any atom is -0.494 e. The number of nitrogens with zero attached hydrogens (tertiary/aromatic N) is 2. The van der Waals surface area contributed by atoms with Crippen LogP contribution < -0.4 is 4.74 Å². The van der Waals surface area contributed by atoms with E-state index >= 15 is 0 Å². The Kier molecular flexibility index (Phi) is 9.17. The van der Waals surface area contributed by atoms with Gasteiger partial charge in [0.25, 0.3) is 0 Å². The Bertz CT molecular complexity index is 1320. The normalized spacial score (nSPS) is 17.7. The number of likely N-dealkylation sites (tertiary alicyclic amines) is 1. The highest BCUT2D eigenvalue weighted by Gasteiger charge is 2.23. The largest absolute Gasteiger partial charge is 0.494 e. The van der Waals surface area contributed by atoms with Gasteiger partial charge in [-0.1, -0.05) is 35.9 Å². The molecule has 0 spiro atoms. The van der Waals surface area contributed by atoms with Gasteiger partial charge in [-0.2, -0.15) is 0 Å². The Hall–Kier alpha value is -3.35. The van der Waals surface area contributed by atoms with E-state index in [1.165, 1.54) is 60.8 Å². The minimum atomic E-state index is -0.207. The Balaban J connectivity index is 1.36. The van der Waals surface area contributed by atoms with E-state index in [1.807, 2.05) is 19.2 Å². The standard InChI is InChI=1S/C33H40N2O4/c1-37-24-29-20-25(22-34-17-5-6-18-34)11-12-28(29)23-35-31-9-4-3-8-27(31)21-32(35)26-13-15-30(16-14-26)39-19-7-10-33(36)38-2/h3-4,8-9,11-16,21,29H,5-7,10,17-20,22-24H2,1-2H3. The maximum absolute atomic E-state index is 11.3. The number of rotatable bonds is 12. The van der Waals surface area contributed by atoms with Crippen molar-refractivity contribution >= 4 is 16.9 Å². The van der Waals surface area contributed by atoms with Crippen molar-refractivity contribution in [2.75, 3.05) is 47.1 Å². The van der Waals surface area contributed by atoms with Gasteiger partial charge >= 0.3 is 5.97 Å². The average Bonchev–Trinajstić information content (AvgIpc) is 3.61. The summed E-state index contributed by atoms with van der Waals surface area (Å²) in [5.74, 6) is 0.977. The molecule has 1 aromatic heterocycles. The molecule has 0 amide bonds. The average molecular weight is 529 g/mol. The molecule has 39 heavy (non-hydrogen) atoms. The van der Waals surface area contributed by atoms with Crippen LogP contribution in [0.25, 0.3) is 22.2 Å². The summed E-state index contributed by atoms with van der Waals surface area (Å²) in [6.07, 6.45) is 9.41. The molecule has 3 aromatic rings. The smallest absolute Gasteiger partial charge is 0.305 e. The highest BCUT2D eigenvalue weighted by atomic mass is 16.5. The number of aromatic nitrogens is 1. The topological polar surface area (TPSA) is 52.9 Å². The molecule has 206 valence electrons. The molecule has 1 aliphatic heterocycles. The zero-order chi connectivity index (χ0) is 27.0. The molecule has 2 aliphatic rings. The monoisotopic (exact) mass is 528 g/mol. The first-order valence-corrected chi connectivity index (χ1v) is 14.1. The van der Waals surface area contributed by atoms with Gasteiger partial charge in [-0.3, -0.25) is 9.69 Å². The predicted octanol–water partition coefficient (Wildman–Crippen LogP) is 6.26. The van der Waals surface area contributed by atoms with Crippen molar-refractivity contribution in [1.29, 1.82) is 0 Å². The first kappa shape index (κ1) is 27.2. The maximum Gasteiger partial charge on any atom is 0.305 e. The van der Waals surface area contributed by atoms with Gasteiger partial charge in [0.05, 0.1) is 20.3 Å². The molecule has 1 fully saturated rings. The Labute approximate surface area is 231 Å². The first-order chi connectivity index (χ1) is 19.1. The fourth-order valence-electron chi connectivity index (χ4n) is 5.80. The van der Waals surface area contributed by atoms with Crippen LogP contribution in [-0.4, -0.2) is 62.5 Å². The fourth-order valence-corrected chi connectivity index (χ4v) is 5.80. The van der Waals surface area contributed by atoms with Gasteiger partial charge in [-0.05, 0) is 86.3 Å². The van der Waals surface area contributed by atoms with Gasteiger partial charge in [-0.25, -0.2) is 0 Å². The van der Waals surface area contributed by atoms with Gasteiger partial charge in [0.2, 0.25) is 0 Å². The Morgan fingerprint density at radius 1 is 0.974 bits per heavy atom. The SMILES string of the molecule is COCC1CC(CN2CCCC2)=CC=C1Cn1c(-c2ccc(OCCCC(=O)OC)cc2)cc2ccccc21. The van der Waals surface area contributed by atoms with Crippen LogP contribution in [0, 0.1) is 5.92 Å². The molecule has 1 aliphatic carbocycles. The summed E-state index contributed by atoms with van der Waals surface area (Å²) in [5, 5.41) is 1.24. The third kappa shape index (κ3) is 6.81. The second-order valence-corrected chi connectivity index (χ2v) is 10.6. The second kappa shape index (κ2) is 13.1. The molecular formula is C33H40N2O4. The summed E-state index contributed by atoms with van der Waals surface area (Å²) in [6, 6.07) is 19.2. The Morgan fingerprint density at radius 3 is 2.54 bits per heavy atom. The molecule has 1 saturated heterocycles. The van der Waals surface area contributed by atoms with Crippen LogP contribution in [0.3, 0.4) is 0 Å². The van der Waals surface area contributed by atoms with E-state index in [0.717, 1.165) is 37.4 Å². The lowest BCUT2D eigenvalue weighted by atomic mass is 9.87. The van der Waals surface area contributed by atoms with Crippen LogP contribution in [0.1, 0.15) is 32.1 Å². The molecule has 0 radical (unpaired) electrons. The quantitative estimate of drug-likeness (QED) is 0.205. The molecule has 1 atom stereocenters. The van der Waals surface area contributed by atoms with Crippen LogP contribution in [0.2, 0.25) is 0 Å².